The van der Waals surface area contributed by atoms with E-state index in [4.69, 9.17) is 9.15 Å². The molecule has 0 radical (unpaired) electrons. The summed E-state index contributed by atoms with van der Waals surface area (Å²) in [7, 11) is 1.67. The maximum absolute atomic E-state index is 12.0. The number of hydrogen-bond donors (Lipinski definition) is 0. The van der Waals surface area contributed by atoms with Crippen LogP contribution in [0.4, 0.5) is 0 Å². The van der Waals surface area contributed by atoms with Crippen LogP contribution in [0.25, 0.3) is 0 Å². The lowest BCUT2D eigenvalue weighted by Crippen LogP contribution is -2.30. The summed E-state index contributed by atoms with van der Waals surface area (Å²) in [6.07, 6.45) is 3.46. The Bertz CT molecular complexity index is 824. The molecule has 8 heteroatoms. The van der Waals surface area contributed by atoms with Crippen LogP contribution in [0.5, 0.6) is 0 Å². The summed E-state index contributed by atoms with van der Waals surface area (Å²) < 4.78 is 12.2. The number of esters is 1. The van der Waals surface area contributed by atoms with Crippen molar-refractivity contribution in [3.05, 3.63) is 64.5 Å². The molecule has 130 valence electrons. The van der Waals surface area contributed by atoms with Gasteiger partial charge >= 0.3 is 5.97 Å². The van der Waals surface area contributed by atoms with E-state index in [-0.39, 0.29) is 18.3 Å². The molecule has 0 saturated heterocycles. The predicted octanol–water partition coefficient (Wildman–Crippen LogP) is 2.40. The highest BCUT2D eigenvalue weighted by Gasteiger charge is 2.17. The molecule has 0 unspecified atom stereocenters. The first kappa shape index (κ1) is 17.0. The highest BCUT2D eigenvalue weighted by Crippen LogP contribution is 2.12. The summed E-state index contributed by atoms with van der Waals surface area (Å²) in [5, 5.41) is 6.02. The maximum Gasteiger partial charge on any atom is 0.374 e. The van der Waals surface area contributed by atoms with Crippen molar-refractivity contribution in [3.63, 3.8) is 0 Å². The van der Waals surface area contributed by atoms with Crippen molar-refractivity contribution in [3.8, 4) is 0 Å². The Morgan fingerprint density at radius 1 is 1.32 bits per heavy atom. The van der Waals surface area contributed by atoms with Crippen LogP contribution in [-0.4, -0.2) is 40.2 Å². The topological polar surface area (TPSA) is 77.6 Å². The van der Waals surface area contributed by atoms with E-state index in [0.717, 1.165) is 4.88 Å². The molecule has 0 atom stereocenters. The summed E-state index contributed by atoms with van der Waals surface area (Å²) >= 11 is 1.57. The van der Waals surface area contributed by atoms with Gasteiger partial charge in [0.25, 0.3) is 5.91 Å². The van der Waals surface area contributed by atoms with Crippen LogP contribution in [0.15, 0.2) is 52.5 Å². The Morgan fingerprint density at radius 3 is 2.92 bits per heavy atom. The van der Waals surface area contributed by atoms with Gasteiger partial charge in [0.15, 0.2) is 6.61 Å². The molecule has 0 spiro atoms. The third-order valence-electron chi connectivity index (χ3n) is 3.47. The van der Waals surface area contributed by atoms with Crippen LogP contribution < -0.4 is 0 Å². The molecule has 3 aromatic rings. The molecule has 7 nitrogen and oxygen atoms in total. The van der Waals surface area contributed by atoms with E-state index >= 15 is 0 Å². The fraction of sp³-hybridized carbons (Fsp3) is 0.235. The van der Waals surface area contributed by atoms with Crippen LogP contribution in [0.1, 0.15) is 21.2 Å². The lowest BCUT2D eigenvalue weighted by atomic mass is 10.4. The fourth-order valence-electron chi connectivity index (χ4n) is 2.16. The minimum Gasteiger partial charge on any atom is -0.452 e. The Morgan fingerprint density at radius 2 is 2.20 bits per heavy atom. The molecule has 0 fully saturated rings. The summed E-state index contributed by atoms with van der Waals surface area (Å²) in [5.41, 5.74) is 0. The van der Waals surface area contributed by atoms with Gasteiger partial charge in [-0.15, -0.1) is 11.3 Å². The van der Waals surface area contributed by atoms with E-state index in [2.05, 4.69) is 5.10 Å². The summed E-state index contributed by atoms with van der Waals surface area (Å²) in [4.78, 5) is 26.6. The lowest BCUT2D eigenvalue weighted by Gasteiger charge is -2.15. The molecule has 3 aromatic heterocycles. The molecule has 0 aromatic carbocycles. The number of furan rings is 1. The molecule has 0 aliphatic rings. The Labute approximate surface area is 148 Å². The molecule has 3 heterocycles. The number of ether oxygens (including phenoxy) is 1. The van der Waals surface area contributed by atoms with Crippen LogP contribution >= 0.6 is 11.3 Å². The number of likely N-dealkylation sites (N-methyl/N-ethyl adjacent to an activating group) is 1. The number of rotatable bonds is 7. The molecule has 0 aliphatic carbocycles. The normalized spacial score (nSPS) is 10.6. The van der Waals surface area contributed by atoms with E-state index in [1.54, 1.807) is 47.6 Å². The van der Waals surface area contributed by atoms with Gasteiger partial charge in [-0.05, 0) is 29.6 Å². The Balaban J connectivity index is 1.48. The summed E-state index contributed by atoms with van der Waals surface area (Å²) in [6, 6.07) is 8.89. The van der Waals surface area contributed by atoms with Crippen molar-refractivity contribution in [1.29, 1.82) is 0 Å². The van der Waals surface area contributed by atoms with Gasteiger partial charge in [0, 0.05) is 24.3 Å². The number of nitrogens with zero attached hydrogens (tertiary/aromatic N) is 3. The lowest BCUT2D eigenvalue weighted by molar-refractivity contribution is -0.133. The van der Waals surface area contributed by atoms with Gasteiger partial charge in [-0.2, -0.15) is 5.10 Å². The zero-order valence-corrected chi connectivity index (χ0v) is 14.4. The third kappa shape index (κ3) is 4.57. The van der Waals surface area contributed by atoms with E-state index in [1.807, 2.05) is 17.5 Å². The maximum atomic E-state index is 12.0. The van der Waals surface area contributed by atoms with Gasteiger partial charge in [0.2, 0.25) is 5.76 Å². The standard InChI is InChI=1S/C17H17N3O4S/c1-19(11-14-4-2-9-25-14)16(21)12-23-17(22)15-6-5-13(24-15)10-20-8-3-7-18-20/h2-9H,10-12H2,1H3. The smallest absolute Gasteiger partial charge is 0.374 e. The van der Waals surface area contributed by atoms with Crippen molar-refractivity contribution < 1.29 is 18.7 Å². The monoisotopic (exact) mass is 359 g/mol. The molecule has 0 bridgehead atoms. The van der Waals surface area contributed by atoms with Gasteiger partial charge in [0.05, 0.1) is 13.1 Å². The zero-order valence-electron chi connectivity index (χ0n) is 13.6. The van der Waals surface area contributed by atoms with Crippen LogP contribution in [-0.2, 0) is 22.6 Å². The molecule has 0 aliphatic heterocycles. The number of amides is 1. The number of carbonyl (C=O) groups excluding carboxylic acids is 2. The van der Waals surface area contributed by atoms with Gasteiger partial charge in [0.1, 0.15) is 5.76 Å². The van der Waals surface area contributed by atoms with Crippen molar-refractivity contribution in [2.24, 2.45) is 0 Å². The van der Waals surface area contributed by atoms with Crippen LogP contribution in [0, 0.1) is 0 Å². The van der Waals surface area contributed by atoms with Gasteiger partial charge in [-0.25, -0.2) is 4.79 Å². The quantitative estimate of drug-likeness (QED) is 0.606. The summed E-state index contributed by atoms with van der Waals surface area (Å²) in [6.45, 7) is 0.585. The Kier molecular flexibility index (Phi) is 5.30. The van der Waals surface area contributed by atoms with E-state index in [1.165, 1.54) is 11.0 Å². The van der Waals surface area contributed by atoms with E-state index in [0.29, 0.717) is 18.8 Å². The molecule has 0 N–H and O–H groups in total. The zero-order chi connectivity index (χ0) is 17.6. The van der Waals surface area contributed by atoms with Crippen LogP contribution in [0.2, 0.25) is 0 Å². The highest BCUT2D eigenvalue weighted by molar-refractivity contribution is 7.09. The molecule has 1 amide bonds. The largest absolute Gasteiger partial charge is 0.452 e. The molecule has 25 heavy (non-hydrogen) atoms. The van der Waals surface area contributed by atoms with Crippen molar-refractivity contribution in [1.82, 2.24) is 14.7 Å². The predicted molar refractivity (Wildman–Crippen MR) is 91.1 cm³/mol. The minimum absolute atomic E-state index is 0.0656. The fourth-order valence-corrected chi connectivity index (χ4v) is 2.92. The number of hydrogen-bond acceptors (Lipinski definition) is 6. The average Bonchev–Trinajstić information content (AvgIpc) is 3.35. The second-order valence-corrected chi connectivity index (χ2v) is 6.41. The second-order valence-electron chi connectivity index (χ2n) is 5.37. The second kappa shape index (κ2) is 7.80. The average molecular weight is 359 g/mol. The summed E-state index contributed by atoms with van der Waals surface area (Å²) in [5.74, 6) is -0.290. The van der Waals surface area contributed by atoms with Gasteiger partial charge in [-0.1, -0.05) is 6.07 Å². The van der Waals surface area contributed by atoms with Gasteiger partial charge < -0.3 is 14.1 Å². The van der Waals surface area contributed by atoms with E-state index < -0.39 is 5.97 Å². The number of aromatic nitrogens is 2. The van der Waals surface area contributed by atoms with Crippen molar-refractivity contribution >= 4 is 23.2 Å². The first-order valence-corrected chi connectivity index (χ1v) is 8.49. The first-order chi connectivity index (χ1) is 12.1. The molecular formula is C17H17N3O4S. The minimum atomic E-state index is -0.662. The highest BCUT2D eigenvalue weighted by atomic mass is 32.1. The van der Waals surface area contributed by atoms with Crippen molar-refractivity contribution in [2.75, 3.05) is 13.7 Å². The number of carbonyl (C=O) groups is 2. The Hall–Kier alpha value is -2.87. The number of thiophene rings is 1. The molecule has 3 rings (SSSR count). The van der Waals surface area contributed by atoms with Crippen LogP contribution in [0.3, 0.4) is 0 Å². The third-order valence-corrected chi connectivity index (χ3v) is 4.33. The van der Waals surface area contributed by atoms with Crippen molar-refractivity contribution in [2.45, 2.75) is 13.1 Å². The van der Waals surface area contributed by atoms with E-state index in [9.17, 15) is 9.59 Å². The molecular weight excluding hydrogens is 342 g/mol. The first-order valence-electron chi connectivity index (χ1n) is 7.61. The van der Waals surface area contributed by atoms with Gasteiger partial charge in [-0.3, -0.25) is 9.48 Å². The molecule has 0 saturated carbocycles. The SMILES string of the molecule is CN(Cc1cccs1)C(=O)COC(=O)c1ccc(Cn2cccn2)o1.